The molecule has 18 heavy (non-hydrogen) atoms. The summed E-state index contributed by atoms with van der Waals surface area (Å²) in [6.07, 6.45) is 0. The minimum Gasteiger partial charge on any atom is -0.480 e. The van der Waals surface area contributed by atoms with Crippen molar-refractivity contribution < 1.29 is 14.7 Å². The molecule has 1 aromatic carbocycles. The summed E-state index contributed by atoms with van der Waals surface area (Å²) in [5, 5.41) is 9.00. The van der Waals surface area contributed by atoms with Crippen LogP contribution in [0, 0.1) is 0 Å². The number of benzene rings is 1. The van der Waals surface area contributed by atoms with Crippen LogP contribution in [0.25, 0.3) is 0 Å². The van der Waals surface area contributed by atoms with Crippen molar-refractivity contribution in [2.45, 2.75) is 10.9 Å². The normalized spacial score (nSPS) is 18.9. The fraction of sp³-hybridized carbons (Fsp3) is 0.333. The third-order valence-corrected chi connectivity index (χ3v) is 4.60. The van der Waals surface area contributed by atoms with Crippen LogP contribution in [0.15, 0.2) is 35.2 Å². The van der Waals surface area contributed by atoms with E-state index in [1.807, 2.05) is 30.3 Å². The Morgan fingerprint density at radius 3 is 2.78 bits per heavy atom. The molecule has 0 radical (unpaired) electrons. The fourth-order valence-electron chi connectivity index (χ4n) is 1.64. The van der Waals surface area contributed by atoms with Crippen LogP contribution in [-0.4, -0.2) is 45.3 Å². The molecule has 1 heterocycles. The second kappa shape index (κ2) is 6.15. The van der Waals surface area contributed by atoms with Crippen molar-refractivity contribution in [3.05, 3.63) is 30.3 Å². The summed E-state index contributed by atoms with van der Waals surface area (Å²) in [6.45, 7) is 0. The monoisotopic (exact) mass is 283 g/mol. The van der Waals surface area contributed by atoms with Crippen LogP contribution >= 0.6 is 23.5 Å². The number of carbonyl (C=O) groups is 2. The highest BCUT2D eigenvalue weighted by Crippen LogP contribution is 2.24. The largest absolute Gasteiger partial charge is 0.480 e. The second-order valence-corrected chi connectivity index (χ2v) is 5.87. The van der Waals surface area contributed by atoms with Crippen LogP contribution < -0.4 is 0 Å². The van der Waals surface area contributed by atoms with Gasteiger partial charge in [-0.25, -0.2) is 4.79 Å². The highest BCUT2D eigenvalue weighted by atomic mass is 32.2. The average Bonchev–Trinajstić information content (AvgIpc) is 2.86. The molecule has 4 nitrogen and oxygen atoms in total. The zero-order chi connectivity index (χ0) is 13.0. The van der Waals surface area contributed by atoms with Crippen LogP contribution in [-0.2, 0) is 9.59 Å². The number of carbonyl (C=O) groups excluding carboxylic acids is 1. The van der Waals surface area contributed by atoms with Gasteiger partial charge in [-0.05, 0) is 12.1 Å². The van der Waals surface area contributed by atoms with Crippen molar-refractivity contribution >= 4 is 35.4 Å². The molecule has 0 aliphatic carbocycles. The first-order valence-corrected chi connectivity index (χ1v) is 7.60. The highest BCUT2D eigenvalue weighted by molar-refractivity contribution is 8.00. The number of carboxylic acids is 1. The summed E-state index contributed by atoms with van der Waals surface area (Å²) >= 11 is 2.92. The Kier molecular flexibility index (Phi) is 4.54. The van der Waals surface area contributed by atoms with E-state index in [1.54, 1.807) is 0 Å². The van der Waals surface area contributed by atoms with Crippen LogP contribution in [0.4, 0.5) is 0 Å². The lowest BCUT2D eigenvalue weighted by atomic mass is 10.3. The number of amides is 1. The summed E-state index contributed by atoms with van der Waals surface area (Å²) in [5.41, 5.74) is 0. The first kappa shape index (κ1) is 13.3. The number of carboxylic acid groups (broad SMARTS) is 1. The molecule has 1 aliphatic rings. The molecule has 1 aliphatic heterocycles. The smallest absolute Gasteiger partial charge is 0.327 e. The van der Waals surface area contributed by atoms with Crippen LogP contribution in [0.1, 0.15) is 0 Å². The van der Waals surface area contributed by atoms with Crippen molar-refractivity contribution in [1.82, 2.24) is 4.90 Å². The molecule has 96 valence electrons. The lowest BCUT2D eigenvalue weighted by Gasteiger charge is -2.20. The van der Waals surface area contributed by atoms with E-state index in [-0.39, 0.29) is 11.7 Å². The molecule has 0 spiro atoms. The SMILES string of the molecule is O=C(O)C1CSCN1C(=O)CSc1ccccc1. The maximum atomic E-state index is 12.0. The quantitative estimate of drug-likeness (QED) is 0.853. The Bertz CT molecular complexity index is 438. The van der Waals surface area contributed by atoms with Gasteiger partial charge in [0.05, 0.1) is 11.6 Å². The Morgan fingerprint density at radius 2 is 2.11 bits per heavy atom. The summed E-state index contributed by atoms with van der Waals surface area (Å²) in [7, 11) is 0. The zero-order valence-corrected chi connectivity index (χ0v) is 11.2. The highest BCUT2D eigenvalue weighted by Gasteiger charge is 2.34. The number of hydrogen-bond acceptors (Lipinski definition) is 4. The van der Waals surface area contributed by atoms with Gasteiger partial charge in [-0.3, -0.25) is 4.79 Å². The first-order valence-electron chi connectivity index (χ1n) is 5.46. The number of nitrogens with zero attached hydrogens (tertiary/aromatic N) is 1. The van der Waals surface area contributed by atoms with Crippen LogP contribution in [0.2, 0.25) is 0 Å². The van der Waals surface area contributed by atoms with Crippen molar-refractivity contribution in [1.29, 1.82) is 0 Å². The molecule has 1 atom stereocenters. The molecular weight excluding hydrogens is 270 g/mol. The average molecular weight is 283 g/mol. The number of aliphatic carboxylic acids is 1. The lowest BCUT2D eigenvalue weighted by Crippen LogP contribution is -2.42. The second-order valence-electron chi connectivity index (χ2n) is 3.82. The molecule has 2 rings (SSSR count). The number of hydrogen-bond donors (Lipinski definition) is 1. The van der Waals surface area contributed by atoms with Crippen molar-refractivity contribution in [3.63, 3.8) is 0 Å². The standard InChI is InChI=1S/C12H13NO3S2/c14-11(7-18-9-4-2-1-3-5-9)13-8-17-6-10(13)12(15)16/h1-5,10H,6-8H2,(H,15,16). The molecule has 6 heteroatoms. The zero-order valence-electron chi connectivity index (χ0n) is 9.61. The summed E-state index contributed by atoms with van der Waals surface area (Å²) < 4.78 is 0. The maximum absolute atomic E-state index is 12.0. The Labute approximate surface area is 114 Å². The summed E-state index contributed by atoms with van der Waals surface area (Å²) in [4.78, 5) is 25.4. The van der Waals surface area contributed by atoms with E-state index < -0.39 is 12.0 Å². The van der Waals surface area contributed by atoms with Gasteiger partial charge in [-0.15, -0.1) is 23.5 Å². The van der Waals surface area contributed by atoms with Crippen LogP contribution in [0.3, 0.4) is 0 Å². The van der Waals surface area contributed by atoms with E-state index in [0.717, 1.165) is 4.90 Å². The Morgan fingerprint density at radius 1 is 1.39 bits per heavy atom. The van der Waals surface area contributed by atoms with E-state index in [1.165, 1.54) is 28.4 Å². The minimum atomic E-state index is -0.918. The molecule has 1 unspecified atom stereocenters. The fourth-order valence-corrected chi connectivity index (χ4v) is 3.62. The predicted octanol–water partition coefficient (Wildman–Crippen LogP) is 1.76. The first-order chi connectivity index (χ1) is 8.68. The third-order valence-electron chi connectivity index (χ3n) is 2.59. The molecule has 1 saturated heterocycles. The lowest BCUT2D eigenvalue weighted by molar-refractivity contribution is -0.146. The molecule has 1 N–H and O–H groups in total. The topological polar surface area (TPSA) is 57.6 Å². The van der Waals surface area contributed by atoms with Crippen molar-refractivity contribution in [2.75, 3.05) is 17.4 Å². The molecule has 0 saturated carbocycles. The van der Waals surface area contributed by atoms with E-state index in [2.05, 4.69) is 0 Å². The van der Waals surface area contributed by atoms with Crippen LogP contribution in [0.5, 0.6) is 0 Å². The third kappa shape index (κ3) is 3.20. The van der Waals surface area contributed by atoms with Gasteiger partial charge in [0.2, 0.25) is 5.91 Å². The van der Waals surface area contributed by atoms with Gasteiger partial charge in [0, 0.05) is 10.6 Å². The Hall–Kier alpha value is -1.14. The van der Waals surface area contributed by atoms with Gasteiger partial charge < -0.3 is 10.0 Å². The number of rotatable bonds is 4. The van der Waals surface area contributed by atoms with Crippen molar-refractivity contribution in [3.8, 4) is 0 Å². The van der Waals surface area contributed by atoms with Gasteiger partial charge in [0.15, 0.2) is 0 Å². The molecule has 1 fully saturated rings. The van der Waals surface area contributed by atoms with Gasteiger partial charge in [-0.1, -0.05) is 18.2 Å². The Balaban J connectivity index is 1.90. The van der Waals surface area contributed by atoms with Gasteiger partial charge in [-0.2, -0.15) is 0 Å². The van der Waals surface area contributed by atoms with E-state index >= 15 is 0 Å². The predicted molar refractivity (Wildman–Crippen MR) is 72.8 cm³/mol. The van der Waals surface area contributed by atoms with Gasteiger partial charge >= 0.3 is 5.97 Å². The molecular formula is C12H13NO3S2. The van der Waals surface area contributed by atoms with E-state index in [4.69, 9.17) is 5.11 Å². The van der Waals surface area contributed by atoms with E-state index in [9.17, 15) is 9.59 Å². The van der Waals surface area contributed by atoms with Gasteiger partial charge in [0.25, 0.3) is 0 Å². The van der Waals surface area contributed by atoms with Crippen molar-refractivity contribution in [2.24, 2.45) is 0 Å². The van der Waals surface area contributed by atoms with Gasteiger partial charge in [0.1, 0.15) is 6.04 Å². The number of thioether (sulfide) groups is 2. The molecule has 0 bridgehead atoms. The molecule has 1 amide bonds. The molecule has 0 aromatic heterocycles. The summed E-state index contributed by atoms with van der Waals surface area (Å²) in [6, 6.07) is 8.95. The summed E-state index contributed by atoms with van der Waals surface area (Å²) in [5.74, 6) is 0.218. The minimum absolute atomic E-state index is 0.110. The maximum Gasteiger partial charge on any atom is 0.327 e. The van der Waals surface area contributed by atoms with E-state index in [0.29, 0.717) is 11.6 Å². The molecule has 1 aromatic rings.